The zero-order chi connectivity index (χ0) is 22.3. The van der Waals surface area contributed by atoms with Gasteiger partial charge in [0, 0.05) is 63.8 Å². The minimum Gasteiger partial charge on any atom is -0.356 e. The molecule has 1 aromatic carbocycles. The number of amides is 2. The van der Waals surface area contributed by atoms with Gasteiger partial charge in [-0.3, -0.25) is 14.5 Å². The lowest BCUT2D eigenvalue weighted by molar-refractivity contribution is -0.126. The zero-order valence-electron chi connectivity index (χ0n) is 18.7. The van der Waals surface area contributed by atoms with Crippen LogP contribution in [-0.2, 0) is 16.0 Å². The van der Waals surface area contributed by atoms with Crippen molar-refractivity contribution in [3.05, 3.63) is 48.3 Å². The third kappa shape index (κ3) is 5.24. The summed E-state index contributed by atoms with van der Waals surface area (Å²) < 4.78 is 0. The van der Waals surface area contributed by atoms with E-state index in [1.165, 1.54) is 0 Å². The van der Waals surface area contributed by atoms with Gasteiger partial charge in [-0.25, -0.2) is 9.97 Å². The number of carbonyl (C=O) groups is 2. The van der Waals surface area contributed by atoms with Gasteiger partial charge in [-0.05, 0) is 37.1 Å². The SMILES string of the molecule is CCc1ccccc1N1C[C@H](C(=O)NCCCN2CCN(c3ncccn3)CC2)CC1=O. The summed E-state index contributed by atoms with van der Waals surface area (Å²) in [6.07, 6.45) is 5.60. The first-order valence-corrected chi connectivity index (χ1v) is 11.6. The molecule has 2 aliphatic rings. The van der Waals surface area contributed by atoms with Crippen molar-refractivity contribution in [1.29, 1.82) is 0 Å². The van der Waals surface area contributed by atoms with Crippen LogP contribution in [0.4, 0.5) is 11.6 Å². The fraction of sp³-hybridized carbons (Fsp3) is 0.500. The highest BCUT2D eigenvalue weighted by molar-refractivity contribution is 6.00. The molecule has 1 N–H and O–H groups in total. The quantitative estimate of drug-likeness (QED) is 0.635. The van der Waals surface area contributed by atoms with Crippen molar-refractivity contribution >= 4 is 23.5 Å². The second-order valence-corrected chi connectivity index (χ2v) is 8.41. The van der Waals surface area contributed by atoms with Gasteiger partial charge >= 0.3 is 0 Å². The number of aromatic nitrogens is 2. The number of piperazine rings is 1. The highest BCUT2D eigenvalue weighted by Gasteiger charge is 2.35. The molecule has 2 saturated heterocycles. The number of rotatable bonds is 8. The molecule has 1 atom stereocenters. The van der Waals surface area contributed by atoms with E-state index in [1.807, 2.05) is 30.3 Å². The Labute approximate surface area is 189 Å². The minimum absolute atomic E-state index is 0.0131. The van der Waals surface area contributed by atoms with Crippen molar-refractivity contribution in [2.24, 2.45) is 5.92 Å². The van der Waals surface area contributed by atoms with Gasteiger partial charge < -0.3 is 15.1 Å². The summed E-state index contributed by atoms with van der Waals surface area (Å²) in [5.41, 5.74) is 2.08. The van der Waals surface area contributed by atoms with E-state index in [9.17, 15) is 9.59 Å². The normalized spacial score (nSPS) is 19.4. The predicted octanol–water partition coefficient (Wildman–Crippen LogP) is 1.72. The number of benzene rings is 1. The van der Waals surface area contributed by atoms with Crippen LogP contribution in [0.15, 0.2) is 42.7 Å². The monoisotopic (exact) mass is 436 g/mol. The minimum atomic E-state index is -0.276. The van der Waals surface area contributed by atoms with Gasteiger partial charge in [0.05, 0.1) is 5.92 Å². The maximum atomic E-state index is 12.6. The van der Waals surface area contributed by atoms with E-state index in [4.69, 9.17) is 0 Å². The second-order valence-electron chi connectivity index (χ2n) is 8.41. The zero-order valence-corrected chi connectivity index (χ0v) is 18.7. The number of nitrogens with one attached hydrogen (secondary N) is 1. The fourth-order valence-corrected chi connectivity index (χ4v) is 4.47. The van der Waals surface area contributed by atoms with Crippen LogP contribution >= 0.6 is 0 Å². The van der Waals surface area contributed by atoms with Crippen LogP contribution in [0.3, 0.4) is 0 Å². The predicted molar refractivity (Wildman–Crippen MR) is 125 cm³/mol. The molecule has 0 aliphatic carbocycles. The Hall–Kier alpha value is -3.00. The number of carbonyl (C=O) groups excluding carboxylic acids is 2. The molecular formula is C24H32N6O2. The van der Waals surface area contributed by atoms with Gasteiger partial charge in [0.2, 0.25) is 17.8 Å². The highest BCUT2D eigenvalue weighted by Crippen LogP contribution is 2.28. The topological polar surface area (TPSA) is 81.7 Å². The Kier molecular flexibility index (Phi) is 7.32. The van der Waals surface area contributed by atoms with E-state index in [-0.39, 0.29) is 24.2 Å². The third-order valence-corrected chi connectivity index (χ3v) is 6.32. The third-order valence-electron chi connectivity index (χ3n) is 6.32. The van der Waals surface area contributed by atoms with E-state index in [0.717, 1.165) is 62.8 Å². The van der Waals surface area contributed by atoms with Crippen LogP contribution in [0.1, 0.15) is 25.3 Å². The number of aryl methyl sites for hydroxylation is 1. The fourth-order valence-electron chi connectivity index (χ4n) is 4.47. The Balaban J connectivity index is 1.17. The molecule has 2 fully saturated rings. The lowest BCUT2D eigenvalue weighted by Gasteiger charge is -2.34. The summed E-state index contributed by atoms with van der Waals surface area (Å²) in [7, 11) is 0. The summed E-state index contributed by atoms with van der Waals surface area (Å²) in [5.74, 6) is 0.537. The molecule has 8 nitrogen and oxygen atoms in total. The molecule has 0 bridgehead atoms. The van der Waals surface area contributed by atoms with Crippen molar-refractivity contribution in [3.63, 3.8) is 0 Å². The summed E-state index contributed by atoms with van der Waals surface area (Å²) in [5, 5.41) is 3.05. The largest absolute Gasteiger partial charge is 0.356 e. The van der Waals surface area contributed by atoms with Gasteiger partial charge in [-0.15, -0.1) is 0 Å². The number of para-hydroxylation sites is 1. The molecule has 2 amide bonds. The number of anilines is 2. The molecule has 3 heterocycles. The Morgan fingerprint density at radius 1 is 1.09 bits per heavy atom. The molecular weight excluding hydrogens is 404 g/mol. The molecule has 0 unspecified atom stereocenters. The van der Waals surface area contributed by atoms with Crippen LogP contribution < -0.4 is 15.1 Å². The molecule has 4 rings (SSSR count). The smallest absolute Gasteiger partial charge is 0.227 e. The first kappa shape index (κ1) is 22.2. The molecule has 32 heavy (non-hydrogen) atoms. The van der Waals surface area contributed by atoms with E-state index in [2.05, 4.69) is 32.0 Å². The van der Waals surface area contributed by atoms with Gasteiger partial charge in [0.25, 0.3) is 0 Å². The number of nitrogens with zero attached hydrogens (tertiary/aromatic N) is 5. The summed E-state index contributed by atoms with van der Waals surface area (Å²) >= 11 is 0. The molecule has 0 saturated carbocycles. The standard InChI is InChI=1S/C24H32N6O2/c1-2-19-7-3-4-8-21(19)30-18-20(17-22(30)31)23(32)25-11-6-12-28-13-15-29(16-14-28)24-26-9-5-10-27-24/h3-5,7-10,20H,2,6,11-18H2,1H3,(H,25,32)/t20-/m1/s1. The first-order valence-electron chi connectivity index (χ1n) is 11.6. The van der Waals surface area contributed by atoms with E-state index >= 15 is 0 Å². The first-order chi connectivity index (χ1) is 15.7. The maximum Gasteiger partial charge on any atom is 0.227 e. The highest BCUT2D eigenvalue weighted by atomic mass is 16.2. The van der Waals surface area contributed by atoms with Crippen molar-refractivity contribution in [2.45, 2.75) is 26.2 Å². The molecule has 2 aromatic rings. The van der Waals surface area contributed by atoms with Crippen LogP contribution in [0.25, 0.3) is 0 Å². The van der Waals surface area contributed by atoms with Crippen LogP contribution in [0.5, 0.6) is 0 Å². The molecule has 0 radical (unpaired) electrons. The Morgan fingerprint density at radius 2 is 1.84 bits per heavy atom. The molecule has 8 heteroatoms. The second kappa shape index (κ2) is 10.5. The van der Waals surface area contributed by atoms with Crippen molar-refractivity contribution in [3.8, 4) is 0 Å². The Bertz CT molecular complexity index is 914. The van der Waals surface area contributed by atoms with Crippen LogP contribution in [-0.4, -0.2) is 72.5 Å². The summed E-state index contributed by atoms with van der Waals surface area (Å²) in [4.78, 5) is 40.2. The van der Waals surface area contributed by atoms with Crippen LogP contribution in [0.2, 0.25) is 0 Å². The lowest BCUT2D eigenvalue weighted by atomic mass is 10.1. The van der Waals surface area contributed by atoms with E-state index in [1.54, 1.807) is 17.3 Å². The van der Waals surface area contributed by atoms with Gasteiger partial charge in [0.1, 0.15) is 0 Å². The summed E-state index contributed by atoms with van der Waals surface area (Å²) in [6.45, 7) is 7.89. The molecule has 0 spiro atoms. The van der Waals surface area contributed by atoms with Gasteiger partial charge in [-0.2, -0.15) is 0 Å². The van der Waals surface area contributed by atoms with E-state index in [0.29, 0.717) is 13.1 Å². The van der Waals surface area contributed by atoms with Crippen molar-refractivity contribution < 1.29 is 9.59 Å². The van der Waals surface area contributed by atoms with Gasteiger partial charge in [-0.1, -0.05) is 25.1 Å². The van der Waals surface area contributed by atoms with Crippen molar-refractivity contribution in [2.75, 3.05) is 55.6 Å². The van der Waals surface area contributed by atoms with Crippen molar-refractivity contribution in [1.82, 2.24) is 20.2 Å². The molecule has 2 aliphatic heterocycles. The van der Waals surface area contributed by atoms with E-state index < -0.39 is 0 Å². The number of hydrogen-bond donors (Lipinski definition) is 1. The lowest BCUT2D eigenvalue weighted by Crippen LogP contribution is -2.47. The average Bonchev–Trinajstić information content (AvgIpc) is 3.24. The molecule has 170 valence electrons. The maximum absolute atomic E-state index is 12.6. The summed E-state index contributed by atoms with van der Waals surface area (Å²) in [6, 6.07) is 9.78. The van der Waals surface area contributed by atoms with Crippen LogP contribution in [0, 0.1) is 5.92 Å². The molecule has 1 aromatic heterocycles. The van der Waals surface area contributed by atoms with Gasteiger partial charge in [0.15, 0.2) is 0 Å². The number of hydrogen-bond acceptors (Lipinski definition) is 6. The average molecular weight is 437 g/mol. The Morgan fingerprint density at radius 3 is 2.59 bits per heavy atom.